The Morgan fingerprint density at radius 2 is 1.90 bits per heavy atom. The van der Waals surface area contributed by atoms with Crippen LogP contribution in [0.25, 0.3) is 0 Å². The Bertz CT molecular complexity index is 575. The largest absolute Gasteiger partial charge is 0.508 e. The van der Waals surface area contributed by atoms with Crippen LogP contribution in [-0.2, 0) is 11.8 Å². The number of aromatic nitrogens is 2. The molecule has 0 saturated carbocycles. The summed E-state index contributed by atoms with van der Waals surface area (Å²) in [6, 6.07) is 6.86. The second-order valence-corrected chi connectivity index (χ2v) is 6.82. The maximum absolute atomic E-state index is 9.51. The van der Waals surface area contributed by atoms with Crippen molar-refractivity contribution in [3.8, 4) is 5.75 Å². The summed E-state index contributed by atoms with van der Waals surface area (Å²) in [4.78, 5) is 4.47. The average molecular weight is 307 g/mol. The van der Waals surface area contributed by atoms with Crippen LogP contribution in [-0.4, -0.2) is 32.2 Å². The first kappa shape index (κ1) is 15.7. The molecule has 6 heteroatoms. The molecule has 1 heterocycles. The van der Waals surface area contributed by atoms with Gasteiger partial charge in [0.05, 0.1) is 12.6 Å². The minimum atomic E-state index is -0.129. The normalized spacial score (nSPS) is 13.1. The van der Waals surface area contributed by atoms with Crippen molar-refractivity contribution in [3.63, 3.8) is 0 Å². The smallest absolute Gasteiger partial charge is 0.202 e. The lowest BCUT2D eigenvalue weighted by Crippen LogP contribution is -2.26. The van der Waals surface area contributed by atoms with Gasteiger partial charge in [0.2, 0.25) is 5.13 Å². The molecule has 1 aromatic heterocycles. The summed E-state index contributed by atoms with van der Waals surface area (Å²) >= 11 is 1.31. The molecule has 5 nitrogen and oxygen atoms in total. The third-order valence-corrected chi connectivity index (χ3v) is 3.71. The molecular weight excluding hydrogens is 286 g/mol. The van der Waals surface area contributed by atoms with E-state index in [-0.39, 0.29) is 23.8 Å². The summed E-state index contributed by atoms with van der Waals surface area (Å²) in [5, 5.41) is 22.7. The highest BCUT2D eigenvalue weighted by molar-refractivity contribution is 7.09. The van der Waals surface area contributed by atoms with Gasteiger partial charge in [-0.3, -0.25) is 0 Å². The van der Waals surface area contributed by atoms with E-state index in [0.717, 1.165) is 16.5 Å². The van der Waals surface area contributed by atoms with Gasteiger partial charge >= 0.3 is 0 Å². The van der Waals surface area contributed by atoms with Gasteiger partial charge in [-0.1, -0.05) is 32.9 Å². The number of phenols is 1. The number of rotatable bonds is 5. The quantitative estimate of drug-likeness (QED) is 0.791. The lowest BCUT2D eigenvalue weighted by Gasteiger charge is -2.16. The fraction of sp³-hybridized carbons (Fsp3) is 0.467. The van der Waals surface area contributed by atoms with Crippen molar-refractivity contribution in [1.29, 1.82) is 0 Å². The number of nitrogens with one attached hydrogen (secondary N) is 1. The predicted octanol–water partition coefficient (Wildman–Crippen LogP) is 2.56. The van der Waals surface area contributed by atoms with Crippen LogP contribution in [0.5, 0.6) is 5.75 Å². The lowest BCUT2D eigenvalue weighted by molar-refractivity contribution is 0.273. The number of anilines is 1. The Hall–Kier alpha value is -1.66. The van der Waals surface area contributed by atoms with Gasteiger partial charge in [-0.15, -0.1) is 0 Å². The second-order valence-electron chi connectivity index (χ2n) is 6.07. The van der Waals surface area contributed by atoms with Crippen molar-refractivity contribution in [2.45, 2.75) is 38.6 Å². The van der Waals surface area contributed by atoms with Gasteiger partial charge in [0, 0.05) is 16.9 Å². The molecule has 0 aliphatic heterocycles. The first-order valence-electron chi connectivity index (χ1n) is 6.88. The minimum Gasteiger partial charge on any atom is -0.508 e. The van der Waals surface area contributed by atoms with E-state index in [1.807, 2.05) is 12.1 Å². The van der Waals surface area contributed by atoms with E-state index >= 15 is 0 Å². The summed E-state index contributed by atoms with van der Waals surface area (Å²) in [5.74, 6) is 1.04. The van der Waals surface area contributed by atoms with Crippen LogP contribution in [0.2, 0.25) is 0 Å². The molecule has 3 N–H and O–H groups in total. The number of hydrogen-bond donors (Lipinski definition) is 3. The van der Waals surface area contributed by atoms with E-state index < -0.39 is 0 Å². The fourth-order valence-corrected chi connectivity index (χ4v) is 2.67. The SMILES string of the molecule is CC(C)(C)c1nsc(N[C@H](CO)Cc2ccc(O)cc2)n1. The van der Waals surface area contributed by atoms with E-state index in [1.165, 1.54) is 11.5 Å². The molecule has 0 unspecified atom stereocenters. The molecule has 0 radical (unpaired) electrons. The zero-order chi connectivity index (χ0) is 15.5. The maximum atomic E-state index is 9.51. The number of aliphatic hydroxyl groups excluding tert-OH is 1. The van der Waals surface area contributed by atoms with Crippen LogP contribution in [0, 0.1) is 0 Å². The molecule has 2 rings (SSSR count). The van der Waals surface area contributed by atoms with Gasteiger partial charge in [-0.2, -0.15) is 4.37 Å². The monoisotopic (exact) mass is 307 g/mol. The Balaban J connectivity index is 2.02. The van der Waals surface area contributed by atoms with Crippen molar-refractivity contribution < 1.29 is 10.2 Å². The van der Waals surface area contributed by atoms with Crippen LogP contribution < -0.4 is 5.32 Å². The molecule has 0 fully saturated rings. The van der Waals surface area contributed by atoms with E-state index in [4.69, 9.17) is 0 Å². The molecule has 0 saturated heterocycles. The van der Waals surface area contributed by atoms with E-state index in [9.17, 15) is 10.2 Å². The number of aliphatic hydroxyl groups is 1. The van der Waals surface area contributed by atoms with Gasteiger partial charge in [0.1, 0.15) is 11.6 Å². The highest BCUT2D eigenvalue weighted by atomic mass is 32.1. The Morgan fingerprint density at radius 3 is 2.43 bits per heavy atom. The molecular formula is C15H21N3O2S. The number of aromatic hydroxyl groups is 1. The zero-order valence-electron chi connectivity index (χ0n) is 12.5. The van der Waals surface area contributed by atoms with Crippen molar-refractivity contribution in [2.75, 3.05) is 11.9 Å². The standard InChI is InChI=1S/C15H21N3O2S/c1-15(2,3)13-17-14(21-18-13)16-11(9-19)8-10-4-6-12(20)7-5-10/h4-7,11,19-20H,8-9H2,1-3H3,(H,16,17,18)/t11-/m0/s1. The number of hydrogen-bond acceptors (Lipinski definition) is 6. The molecule has 1 atom stereocenters. The van der Waals surface area contributed by atoms with Crippen molar-refractivity contribution in [1.82, 2.24) is 9.36 Å². The van der Waals surface area contributed by atoms with E-state index in [0.29, 0.717) is 6.42 Å². The average Bonchev–Trinajstić information content (AvgIpc) is 2.89. The Labute approximate surface area is 128 Å². The van der Waals surface area contributed by atoms with Gasteiger partial charge < -0.3 is 15.5 Å². The summed E-state index contributed by atoms with van der Waals surface area (Å²) in [6.07, 6.45) is 0.654. The lowest BCUT2D eigenvalue weighted by atomic mass is 9.96. The zero-order valence-corrected chi connectivity index (χ0v) is 13.3. The van der Waals surface area contributed by atoms with E-state index in [1.54, 1.807) is 12.1 Å². The van der Waals surface area contributed by atoms with Crippen LogP contribution in [0.15, 0.2) is 24.3 Å². The summed E-state index contributed by atoms with van der Waals surface area (Å²) in [6.45, 7) is 6.21. The Morgan fingerprint density at radius 1 is 1.24 bits per heavy atom. The number of benzene rings is 1. The van der Waals surface area contributed by atoms with Gasteiger partial charge in [-0.25, -0.2) is 4.98 Å². The number of phenolic OH excluding ortho intramolecular Hbond substituents is 1. The van der Waals surface area contributed by atoms with Crippen LogP contribution in [0.4, 0.5) is 5.13 Å². The highest BCUT2D eigenvalue weighted by Gasteiger charge is 2.20. The third-order valence-electron chi connectivity index (χ3n) is 3.06. The molecule has 21 heavy (non-hydrogen) atoms. The van der Waals surface area contributed by atoms with Crippen molar-refractivity contribution in [3.05, 3.63) is 35.7 Å². The first-order valence-corrected chi connectivity index (χ1v) is 7.65. The molecule has 0 aliphatic carbocycles. The van der Waals surface area contributed by atoms with Gasteiger partial charge in [-0.05, 0) is 24.1 Å². The molecule has 2 aromatic rings. The number of nitrogens with zero attached hydrogens (tertiary/aromatic N) is 2. The highest BCUT2D eigenvalue weighted by Crippen LogP contribution is 2.23. The van der Waals surface area contributed by atoms with Gasteiger partial charge in [0.15, 0.2) is 0 Å². The van der Waals surface area contributed by atoms with Crippen molar-refractivity contribution in [2.24, 2.45) is 0 Å². The molecule has 0 spiro atoms. The van der Waals surface area contributed by atoms with Crippen LogP contribution in [0.1, 0.15) is 32.2 Å². The first-order chi connectivity index (χ1) is 9.88. The Kier molecular flexibility index (Phi) is 4.80. The van der Waals surface area contributed by atoms with Crippen LogP contribution in [0.3, 0.4) is 0 Å². The summed E-state index contributed by atoms with van der Waals surface area (Å²) in [7, 11) is 0. The topological polar surface area (TPSA) is 78.3 Å². The molecule has 1 aromatic carbocycles. The molecule has 0 bridgehead atoms. The fourth-order valence-electron chi connectivity index (χ4n) is 1.84. The molecule has 114 valence electrons. The second kappa shape index (κ2) is 6.41. The third kappa shape index (κ3) is 4.41. The predicted molar refractivity (Wildman–Crippen MR) is 84.9 cm³/mol. The summed E-state index contributed by atoms with van der Waals surface area (Å²) in [5.41, 5.74) is 0.960. The van der Waals surface area contributed by atoms with Gasteiger partial charge in [0.25, 0.3) is 0 Å². The maximum Gasteiger partial charge on any atom is 0.202 e. The molecule has 0 amide bonds. The molecule has 0 aliphatic rings. The summed E-state index contributed by atoms with van der Waals surface area (Å²) < 4.78 is 4.35. The van der Waals surface area contributed by atoms with Crippen LogP contribution >= 0.6 is 11.5 Å². The minimum absolute atomic E-state index is 0.00527. The van der Waals surface area contributed by atoms with E-state index in [2.05, 4.69) is 35.4 Å². The van der Waals surface area contributed by atoms with Crippen molar-refractivity contribution >= 4 is 16.7 Å².